The Balaban J connectivity index is 2.39. The van der Waals surface area contributed by atoms with Crippen molar-refractivity contribution in [2.45, 2.75) is 29.6 Å². The van der Waals surface area contributed by atoms with Crippen LogP contribution in [0.3, 0.4) is 0 Å². The van der Waals surface area contributed by atoms with E-state index in [1.165, 1.54) is 23.0 Å². The second-order valence-corrected chi connectivity index (χ2v) is 7.44. The molecule has 1 N–H and O–H groups in total. The van der Waals surface area contributed by atoms with Gasteiger partial charge < -0.3 is 5.32 Å². The highest BCUT2D eigenvalue weighted by molar-refractivity contribution is 7.98. The van der Waals surface area contributed by atoms with E-state index in [4.69, 9.17) is 0 Å². The molecule has 2 rings (SSSR count). The lowest BCUT2D eigenvalue weighted by atomic mass is 10.3. The number of carbonyl (C=O) groups excluding carboxylic acids is 1. The number of hydrogen-bond acceptors (Lipinski definition) is 4. The molecular formula is C13H18N2O3S2. The summed E-state index contributed by atoms with van der Waals surface area (Å²) in [4.78, 5) is 12.3. The van der Waals surface area contributed by atoms with Crippen LogP contribution >= 0.6 is 11.8 Å². The standard InChI is InChI=1S/C13H18N2O3S2/c1-10(16)14-12-9-11(5-6-13(12)19-2)20(17,18)15-7-3-4-8-15/h5-6,9H,3-4,7-8H2,1-2H3,(H,14,16). The molecule has 1 saturated heterocycles. The number of hydrogen-bond donors (Lipinski definition) is 1. The second kappa shape index (κ2) is 6.15. The Morgan fingerprint density at radius 1 is 1.30 bits per heavy atom. The molecule has 0 spiro atoms. The first kappa shape index (κ1) is 15.3. The number of nitrogens with one attached hydrogen (secondary N) is 1. The smallest absolute Gasteiger partial charge is 0.243 e. The number of carbonyl (C=O) groups is 1. The first-order valence-electron chi connectivity index (χ1n) is 6.41. The van der Waals surface area contributed by atoms with Crippen LogP contribution in [0.1, 0.15) is 19.8 Å². The molecule has 0 aromatic heterocycles. The molecule has 110 valence electrons. The van der Waals surface area contributed by atoms with Crippen molar-refractivity contribution in [3.63, 3.8) is 0 Å². The summed E-state index contributed by atoms with van der Waals surface area (Å²) in [5.41, 5.74) is 0.547. The van der Waals surface area contributed by atoms with Crippen LogP contribution in [0.4, 0.5) is 5.69 Å². The molecule has 1 aliphatic heterocycles. The van der Waals surface area contributed by atoms with Gasteiger partial charge in [0.05, 0.1) is 10.6 Å². The van der Waals surface area contributed by atoms with Crippen LogP contribution in [0.15, 0.2) is 28.0 Å². The van der Waals surface area contributed by atoms with E-state index in [1.807, 2.05) is 6.26 Å². The molecule has 0 atom stereocenters. The molecule has 1 aromatic carbocycles. The molecule has 1 aliphatic rings. The minimum atomic E-state index is -3.45. The van der Waals surface area contributed by atoms with E-state index in [1.54, 1.807) is 18.2 Å². The van der Waals surface area contributed by atoms with E-state index in [0.717, 1.165) is 17.7 Å². The van der Waals surface area contributed by atoms with Crippen molar-refractivity contribution in [1.82, 2.24) is 4.31 Å². The number of thioether (sulfide) groups is 1. The molecule has 0 aliphatic carbocycles. The normalized spacial score (nSPS) is 16.3. The molecule has 0 radical (unpaired) electrons. The Labute approximate surface area is 123 Å². The number of rotatable bonds is 4. The molecule has 1 aromatic rings. The van der Waals surface area contributed by atoms with Crippen molar-refractivity contribution in [2.24, 2.45) is 0 Å². The summed E-state index contributed by atoms with van der Waals surface area (Å²) in [7, 11) is -3.45. The predicted molar refractivity (Wildman–Crippen MR) is 80.5 cm³/mol. The number of amides is 1. The monoisotopic (exact) mass is 314 g/mol. The van der Waals surface area contributed by atoms with Crippen molar-refractivity contribution in [3.05, 3.63) is 18.2 Å². The highest BCUT2D eigenvalue weighted by Crippen LogP contribution is 2.30. The second-order valence-electron chi connectivity index (χ2n) is 4.65. The minimum Gasteiger partial charge on any atom is -0.325 e. The molecule has 0 saturated carbocycles. The third-order valence-electron chi connectivity index (χ3n) is 3.18. The van der Waals surface area contributed by atoms with Crippen LogP contribution in [0.2, 0.25) is 0 Å². The lowest BCUT2D eigenvalue weighted by Gasteiger charge is -2.17. The van der Waals surface area contributed by atoms with E-state index in [9.17, 15) is 13.2 Å². The highest BCUT2D eigenvalue weighted by Gasteiger charge is 2.27. The van der Waals surface area contributed by atoms with Crippen molar-refractivity contribution >= 4 is 33.4 Å². The Kier molecular flexibility index (Phi) is 4.72. The lowest BCUT2D eigenvalue weighted by Crippen LogP contribution is -2.28. The summed E-state index contributed by atoms with van der Waals surface area (Å²) >= 11 is 1.47. The van der Waals surface area contributed by atoms with Gasteiger partial charge in [-0.3, -0.25) is 4.79 Å². The number of anilines is 1. The third kappa shape index (κ3) is 3.16. The zero-order valence-electron chi connectivity index (χ0n) is 11.5. The summed E-state index contributed by atoms with van der Waals surface area (Å²) in [5, 5.41) is 2.68. The fourth-order valence-corrected chi connectivity index (χ4v) is 4.29. The average Bonchev–Trinajstić information content (AvgIpc) is 2.92. The summed E-state index contributed by atoms with van der Waals surface area (Å²) in [5.74, 6) is -0.212. The maximum absolute atomic E-state index is 12.5. The zero-order chi connectivity index (χ0) is 14.8. The van der Waals surface area contributed by atoms with Crippen LogP contribution in [0.5, 0.6) is 0 Å². The maximum atomic E-state index is 12.5. The van der Waals surface area contributed by atoms with Gasteiger partial charge in [0.15, 0.2) is 0 Å². The van der Waals surface area contributed by atoms with Crippen molar-refractivity contribution in [3.8, 4) is 0 Å². The number of benzene rings is 1. The van der Waals surface area contributed by atoms with Crippen LogP contribution < -0.4 is 5.32 Å². The van der Waals surface area contributed by atoms with Crippen molar-refractivity contribution in [1.29, 1.82) is 0 Å². The van der Waals surface area contributed by atoms with Gasteiger partial charge >= 0.3 is 0 Å². The van der Waals surface area contributed by atoms with Gasteiger partial charge in [0.1, 0.15) is 0 Å². The van der Waals surface area contributed by atoms with Crippen LogP contribution in [-0.4, -0.2) is 38.0 Å². The predicted octanol–water partition coefficient (Wildman–Crippen LogP) is 2.15. The molecule has 1 fully saturated rings. The molecule has 1 heterocycles. The lowest BCUT2D eigenvalue weighted by molar-refractivity contribution is -0.114. The Hall–Kier alpha value is -1.05. The van der Waals surface area contributed by atoms with Crippen molar-refractivity contribution < 1.29 is 13.2 Å². The zero-order valence-corrected chi connectivity index (χ0v) is 13.2. The quantitative estimate of drug-likeness (QED) is 0.865. The summed E-state index contributed by atoms with van der Waals surface area (Å²) < 4.78 is 26.5. The summed E-state index contributed by atoms with van der Waals surface area (Å²) in [6.07, 6.45) is 3.69. The highest BCUT2D eigenvalue weighted by atomic mass is 32.2. The Bertz CT molecular complexity index is 608. The van der Waals surface area contributed by atoms with Gasteiger partial charge in [-0.05, 0) is 37.3 Å². The van der Waals surface area contributed by atoms with E-state index >= 15 is 0 Å². The fourth-order valence-electron chi connectivity index (χ4n) is 2.21. The van der Waals surface area contributed by atoms with E-state index < -0.39 is 10.0 Å². The summed E-state index contributed by atoms with van der Waals surface area (Å²) in [6, 6.07) is 4.88. The number of nitrogens with zero attached hydrogens (tertiary/aromatic N) is 1. The van der Waals surface area contributed by atoms with Gasteiger partial charge in [-0.25, -0.2) is 8.42 Å². The fraction of sp³-hybridized carbons (Fsp3) is 0.462. The van der Waals surface area contributed by atoms with E-state index in [0.29, 0.717) is 18.8 Å². The van der Waals surface area contributed by atoms with Gasteiger partial charge in [0.25, 0.3) is 0 Å². The van der Waals surface area contributed by atoms with Gasteiger partial charge in [-0.1, -0.05) is 0 Å². The van der Waals surface area contributed by atoms with Crippen LogP contribution in [0.25, 0.3) is 0 Å². The third-order valence-corrected chi connectivity index (χ3v) is 5.87. The van der Waals surface area contributed by atoms with Crippen molar-refractivity contribution in [2.75, 3.05) is 24.7 Å². The van der Waals surface area contributed by atoms with Gasteiger partial charge in [-0.2, -0.15) is 4.31 Å². The van der Waals surface area contributed by atoms with Gasteiger partial charge in [0, 0.05) is 24.9 Å². The first-order valence-corrected chi connectivity index (χ1v) is 9.07. The summed E-state index contributed by atoms with van der Waals surface area (Å²) in [6.45, 7) is 2.55. The largest absolute Gasteiger partial charge is 0.325 e. The van der Waals surface area contributed by atoms with Crippen LogP contribution in [0, 0.1) is 0 Å². The SMILES string of the molecule is CSc1ccc(S(=O)(=O)N2CCCC2)cc1NC(C)=O. The Morgan fingerprint density at radius 2 is 1.95 bits per heavy atom. The molecule has 7 heteroatoms. The van der Waals surface area contributed by atoms with E-state index in [2.05, 4.69) is 5.32 Å². The minimum absolute atomic E-state index is 0.212. The molecule has 0 unspecified atom stereocenters. The molecule has 1 amide bonds. The topological polar surface area (TPSA) is 66.5 Å². The Morgan fingerprint density at radius 3 is 2.50 bits per heavy atom. The van der Waals surface area contributed by atoms with Crippen LogP contribution in [-0.2, 0) is 14.8 Å². The molecule has 0 bridgehead atoms. The molecular weight excluding hydrogens is 296 g/mol. The molecule has 20 heavy (non-hydrogen) atoms. The molecule has 5 nitrogen and oxygen atoms in total. The van der Waals surface area contributed by atoms with Gasteiger partial charge in [-0.15, -0.1) is 11.8 Å². The average molecular weight is 314 g/mol. The van der Waals surface area contributed by atoms with E-state index in [-0.39, 0.29) is 10.8 Å². The first-order chi connectivity index (χ1) is 9.45. The maximum Gasteiger partial charge on any atom is 0.243 e. The number of sulfonamides is 1. The van der Waals surface area contributed by atoms with Gasteiger partial charge in [0.2, 0.25) is 15.9 Å².